The highest BCUT2D eigenvalue weighted by atomic mass is 35.5. The molecule has 1 N–H and O–H groups in total. The molecule has 0 saturated heterocycles. The molecule has 0 spiro atoms. The molecule has 3 rings (SSSR count). The van der Waals surface area contributed by atoms with E-state index >= 15 is 0 Å². The zero-order valence-electron chi connectivity index (χ0n) is 9.57. The summed E-state index contributed by atoms with van der Waals surface area (Å²) < 4.78 is 13.2. The summed E-state index contributed by atoms with van der Waals surface area (Å²) >= 11 is 6.04. The fourth-order valence-electron chi connectivity index (χ4n) is 3.65. The molecule has 1 nitrogen and oxygen atoms in total. The van der Waals surface area contributed by atoms with Gasteiger partial charge in [0.1, 0.15) is 5.82 Å². The molecule has 3 heteroatoms. The van der Waals surface area contributed by atoms with Gasteiger partial charge in [0, 0.05) is 10.6 Å². The molecule has 0 aliphatic heterocycles. The van der Waals surface area contributed by atoms with Crippen LogP contribution in [0.4, 0.5) is 4.39 Å². The van der Waals surface area contributed by atoms with Gasteiger partial charge in [-0.15, -0.1) is 0 Å². The van der Waals surface area contributed by atoms with Crippen molar-refractivity contribution in [2.75, 3.05) is 0 Å². The lowest BCUT2D eigenvalue weighted by Crippen LogP contribution is -2.19. The average molecular weight is 255 g/mol. The van der Waals surface area contributed by atoms with Crippen LogP contribution in [0.25, 0.3) is 0 Å². The lowest BCUT2D eigenvalue weighted by Gasteiger charge is -2.27. The van der Waals surface area contributed by atoms with Crippen LogP contribution in [-0.2, 0) is 0 Å². The zero-order valence-corrected chi connectivity index (χ0v) is 10.3. The summed E-state index contributed by atoms with van der Waals surface area (Å²) in [6.07, 6.45) is 4.20. The van der Waals surface area contributed by atoms with Crippen molar-refractivity contribution < 1.29 is 9.50 Å². The Morgan fingerprint density at radius 3 is 2.76 bits per heavy atom. The maximum Gasteiger partial charge on any atom is 0.123 e. The second-order valence-electron chi connectivity index (χ2n) is 5.45. The second-order valence-corrected chi connectivity index (χ2v) is 5.86. The zero-order chi connectivity index (χ0) is 12.0. The normalized spacial score (nSPS) is 33.0. The van der Waals surface area contributed by atoms with E-state index in [2.05, 4.69) is 0 Å². The molecular weight excluding hydrogens is 239 g/mol. The third-order valence-electron chi connectivity index (χ3n) is 4.48. The highest BCUT2D eigenvalue weighted by Crippen LogP contribution is 2.53. The molecule has 2 fully saturated rings. The summed E-state index contributed by atoms with van der Waals surface area (Å²) in [4.78, 5) is 0. The summed E-state index contributed by atoms with van der Waals surface area (Å²) in [5, 5.41) is 10.9. The predicted octanol–water partition coefficient (Wildman–Crippen LogP) is 3.95. The highest BCUT2D eigenvalue weighted by molar-refractivity contribution is 6.31. The first-order chi connectivity index (χ1) is 8.15. The lowest BCUT2D eigenvalue weighted by molar-refractivity contribution is 0.0743. The van der Waals surface area contributed by atoms with E-state index in [4.69, 9.17) is 11.6 Å². The molecule has 17 heavy (non-hydrogen) atoms. The van der Waals surface area contributed by atoms with Crippen LogP contribution in [0, 0.1) is 23.6 Å². The van der Waals surface area contributed by atoms with E-state index in [1.165, 1.54) is 37.5 Å². The summed E-state index contributed by atoms with van der Waals surface area (Å²) in [5.41, 5.74) is 0.559. The van der Waals surface area contributed by atoms with Gasteiger partial charge in [-0.2, -0.15) is 0 Å². The first kappa shape index (κ1) is 11.5. The largest absolute Gasteiger partial charge is 0.388 e. The Morgan fingerprint density at radius 1 is 1.29 bits per heavy atom. The van der Waals surface area contributed by atoms with Gasteiger partial charge in [0.2, 0.25) is 0 Å². The smallest absolute Gasteiger partial charge is 0.123 e. The Balaban J connectivity index is 1.86. The van der Waals surface area contributed by atoms with Crippen LogP contribution in [0.5, 0.6) is 0 Å². The monoisotopic (exact) mass is 254 g/mol. The van der Waals surface area contributed by atoms with E-state index in [0.29, 0.717) is 16.5 Å². The fourth-order valence-corrected chi connectivity index (χ4v) is 3.88. The number of aliphatic hydroxyl groups is 1. The van der Waals surface area contributed by atoms with Crippen molar-refractivity contribution in [3.63, 3.8) is 0 Å². The van der Waals surface area contributed by atoms with Crippen LogP contribution in [-0.4, -0.2) is 5.11 Å². The number of benzene rings is 1. The minimum atomic E-state index is -0.603. The van der Waals surface area contributed by atoms with E-state index in [9.17, 15) is 9.50 Å². The molecule has 1 aromatic carbocycles. The standard InChI is InChI=1S/C14H16ClFO/c15-13-4-3-10(16)7-12(13)14(17)11-6-8-1-2-9(11)5-8/h3-4,7-9,11,14,17H,1-2,5-6H2. The predicted molar refractivity (Wildman–Crippen MR) is 65.3 cm³/mol. The lowest BCUT2D eigenvalue weighted by atomic mass is 9.82. The van der Waals surface area contributed by atoms with Crippen LogP contribution < -0.4 is 0 Å². The minimum Gasteiger partial charge on any atom is -0.388 e. The van der Waals surface area contributed by atoms with Gasteiger partial charge < -0.3 is 5.11 Å². The van der Waals surface area contributed by atoms with Crippen LogP contribution in [0.2, 0.25) is 5.02 Å². The van der Waals surface area contributed by atoms with Gasteiger partial charge >= 0.3 is 0 Å². The third kappa shape index (κ3) is 1.98. The first-order valence-corrected chi connectivity index (χ1v) is 6.66. The van der Waals surface area contributed by atoms with Crippen molar-refractivity contribution in [2.45, 2.75) is 31.8 Å². The summed E-state index contributed by atoms with van der Waals surface area (Å²) in [6.45, 7) is 0. The van der Waals surface area contributed by atoms with Gasteiger partial charge in [0.25, 0.3) is 0 Å². The number of aliphatic hydroxyl groups excluding tert-OH is 1. The second kappa shape index (κ2) is 4.25. The van der Waals surface area contributed by atoms with Gasteiger partial charge in [-0.1, -0.05) is 18.0 Å². The molecule has 4 atom stereocenters. The maximum atomic E-state index is 13.2. The van der Waals surface area contributed by atoms with Crippen LogP contribution in [0.1, 0.15) is 37.4 Å². The van der Waals surface area contributed by atoms with Crippen LogP contribution in [0.15, 0.2) is 18.2 Å². The van der Waals surface area contributed by atoms with Crippen molar-refractivity contribution >= 4 is 11.6 Å². The van der Waals surface area contributed by atoms with Gasteiger partial charge in [-0.05, 0) is 55.2 Å². The van der Waals surface area contributed by atoms with Crippen molar-refractivity contribution in [2.24, 2.45) is 17.8 Å². The first-order valence-electron chi connectivity index (χ1n) is 6.28. The van der Waals surface area contributed by atoms with E-state index in [1.54, 1.807) is 0 Å². The highest BCUT2D eigenvalue weighted by Gasteiger charge is 2.43. The molecule has 1 aromatic rings. The number of hydrogen-bond donors (Lipinski definition) is 1. The molecule has 2 aliphatic carbocycles. The van der Waals surface area contributed by atoms with Crippen molar-refractivity contribution in [3.05, 3.63) is 34.6 Å². The fraction of sp³-hybridized carbons (Fsp3) is 0.571. The molecule has 2 saturated carbocycles. The molecule has 0 heterocycles. The Morgan fingerprint density at radius 2 is 2.12 bits per heavy atom. The number of fused-ring (bicyclic) bond motifs is 2. The summed E-state index contributed by atoms with van der Waals surface area (Å²) in [7, 11) is 0. The Bertz CT molecular complexity index is 434. The van der Waals surface area contributed by atoms with Crippen molar-refractivity contribution in [1.29, 1.82) is 0 Å². The van der Waals surface area contributed by atoms with E-state index < -0.39 is 6.10 Å². The Labute approximate surface area is 106 Å². The van der Waals surface area contributed by atoms with Gasteiger partial charge in [0.05, 0.1) is 6.10 Å². The molecule has 4 unspecified atom stereocenters. The molecule has 0 amide bonds. The van der Waals surface area contributed by atoms with E-state index in [1.807, 2.05) is 0 Å². The quantitative estimate of drug-likeness (QED) is 0.847. The molecule has 2 bridgehead atoms. The Kier molecular flexibility index (Phi) is 2.87. The van der Waals surface area contributed by atoms with Crippen LogP contribution >= 0.6 is 11.6 Å². The van der Waals surface area contributed by atoms with Gasteiger partial charge in [0.15, 0.2) is 0 Å². The van der Waals surface area contributed by atoms with E-state index in [-0.39, 0.29) is 11.7 Å². The summed E-state index contributed by atoms with van der Waals surface area (Å²) in [6, 6.07) is 4.24. The molecule has 0 aromatic heterocycles. The number of halogens is 2. The van der Waals surface area contributed by atoms with Crippen molar-refractivity contribution in [1.82, 2.24) is 0 Å². The molecular formula is C14H16ClFO. The number of hydrogen-bond acceptors (Lipinski definition) is 1. The molecule has 92 valence electrons. The maximum absolute atomic E-state index is 13.2. The Hall–Kier alpha value is -0.600. The third-order valence-corrected chi connectivity index (χ3v) is 4.82. The van der Waals surface area contributed by atoms with E-state index in [0.717, 1.165) is 12.3 Å². The van der Waals surface area contributed by atoms with Crippen molar-refractivity contribution in [3.8, 4) is 0 Å². The number of rotatable bonds is 2. The van der Waals surface area contributed by atoms with Gasteiger partial charge in [-0.3, -0.25) is 0 Å². The molecule has 2 aliphatic rings. The topological polar surface area (TPSA) is 20.2 Å². The van der Waals surface area contributed by atoms with Gasteiger partial charge in [-0.25, -0.2) is 4.39 Å². The molecule has 0 radical (unpaired) electrons. The summed E-state index contributed by atoms with van der Waals surface area (Å²) in [5.74, 6) is 1.32. The van der Waals surface area contributed by atoms with Crippen LogP contribution in [0.3, 0.4) is 0 Å². The minimum absolute atomic E-state index is 0.271. The SMILES string of the molecule is OC(c1cc(F)ccc1Cl)C1CC2CCC1C2. The average Bonchev–Trinajstić information content (AvgIpc) is 2.93.